The molecule has 3 aromatic rings. The van der Waals surface area contributed by atoms with Gasteiger partial charge in [0.2, 0.25) is 0 Å². The third kappa shape index (κ3) is 1.91. The number of benzene rings is 2. The standard InChI is InChI=1S/C15H8Cl2N2OS/c16-8-5-6-9-13(12(8)17)19-15-11(14(20)18-9)7-3-1-2-4-10(7)21-15/h1-6,19H,(H,18,20). The smallest absolute Gasteiger partial charge is 0.259 e. The molecule has 104 valence electrons. The van der Waals surface area contributed by atoms with Gasteiger partial charge < -0.3 is 10.6 Å². The molecule has 0 fully saturated rings. The Morgan fingerprint density at radius 1 is 1.00 bits per heavy atom. The Hall–Kier alpha value is -1.75. The first kappa shape index (κ1) is 13.0. The molecule has 0 unspecified atom stereocenters. The van der Waals surface area contributed by atoms with E-state index in [-0.39, 0.29) is 5.91 Å². The molecule has 0 saturated carbocycles. The molecule has 1 aromatic heterocycles. The summed E-state index contributed by atoms with van der Waals surface area (Å²) < 4.78 is 1.05. The topological polar surface area (TPSA) is 41.1 Å². The second kappa shape index (κ2) is 4.63. The molecular weight excluding hydrogens is 327 g/mol. The van der Waals surface area contributed by atoms with Crippen molar-refractivity contribution in [2.75, 3.05) is 10.6 Å². The van der Waals surface area contributed by atoms with Crippen LogP contribution in [-0.2, 0) is 0 Å². The number of halogens is 2. The summed E-state index contributed by atoms with van der Waals surface area (Å²) in [6.45, 7) is 0. The quantitative estimate of drug-likeness (QED) is 0.568. The van der Waals surface area contributed by atoms with Gasteiger partial charge in [0.15, 0.2) is 0 Å². The van der Waals surface area contributed by atoms with Crippen molar-refractivity contribution in [1.29, 1.82) is 0 Å². The average Bonchev–Trinajstić information content (AvgIpc) is 2.78. The zero-order chi connectivity index (χ0) is 14.6. The predicted molar refractivity (Wildman–Crippen MR) is 89.5 cm³/mol. The number of anilines is 3. The fourth-order valence-electron chi connectivity index (χ4n) is 2.43. The SMILES string of the molecule is O=C1Nc2ccc(Cl)c(Cl)c2Nc2sc3ccccc3c21. The van der Waals surface area contributed by atoms with Crippen LogP contribution in [-0.4, -0.2) is 5.91 Å². The maximum atomic E-state index is 12.5. The van der Waals surface area contributed by atoms with Gasteiger partial charge in [-0.3, -0.25) is 4.79 Å². The van der Waals surface area contributed by atoms with Crippen LogP contribution in [0.2, 0.25) is 10.0 Å². The zero-order valence-electron chi connectivity index (χ0n) is 10.5. The second-order valence-corrected chi connectivity index (χ2v) is 6.50. The lowest BCUT2D eigenvalue weighted by Gasteiger charge is -2.10. The van der Waals surface area contributed by atoms with E-state index in [0.717, 1.165) is 15.1 Å². The molecule has 0 atom stereocenters. The fraction of sp³-hybridized carbons (Fsp3) is 0. The maximum absolute atomic E-state index is 12.5. The van der Waals surface area contributed by atoms with Crippen LogP contribution in [0.3, 0.4) is 0 Å². The van der Waals surface area contributed by atoms with Crippen molar-refractivity contribution in [3.05, 3.63) is 52.0 Å². The molecule has 2 aromatic carbocycles. The minimum absolute atomic E-state index is 0.146. The molecule has 0 spiro atoms. The first-order valence-electron chi connectivity index (χ1n) is 6.23. The van der Waals surface area contributed by atoms with Crippen molar-refractivity contribution in [1.82, 2.24) is 0 Å². The van der Waals surface area contributed by atoms with Crippen molar-refractivity contribution < 1.29 is 4.79 Å². The molecule has 4 rings (SSSR count). The van der Waals surface area contributed by atoms with E-state index in [1.54, 1.807) is 12.1 Å². The molecular formula is C15H8Cl2N2OS. The molecule has 2 heterocycles. The van der Waals surface area contributed by atoms with Gasteiger partial charge in [-0.2, -0.15) is 0 Å². The number of hydrogen-bond donors (Lipinski definition) is 2. The van der Waals surface area contributed by atoms with Gasteiger partial charge in [-0.25, -0.2) is 0 Å². The summed E-state index contributed by atoms with van der Waals surface area (Å²) in [5.41, 5.74) is 1.89. The highest BCUT2D eigenvalue weighted by Crippen LogP contribution is 2.45. The van der Waals surface area contributed by atoms with E-state index in [9.17, 15) is 4.79 Å². The van der Waals surface area contributed by atoms with Crippen LogP contribution < -0.4 is 10.6 Å². The molecule has 6 heteroatoms. The van der Waals surface area contributed by atoms with Gasteiger partial charge in [-0.1, -0.05) is 41.4 Å². The van der Waals surface area contributed by atoms with Gasteiger partial charge in [0.1, 0.15) is 5.00 Å². The lowest BCUT2D eigenvalue weighted by Crippen LogP contribution is -2.10. The summed E-state index contributed by atoms with van der Waals surface area (Å²) in [5.74, 6) is -0.146. The minimum atomic E-state index is -0.146. The van der Waals surface area contributed by atoms with Gasteiger partial charge in [0, 0.05) is 10.1 Å². The number of thiophene rings is 1. The van der Waals surface area contributed by atoms with Gasteiger partial charge >= 0.3 is 0 Å². The zero-order valence-corrected chi connectivity index (χ0v) is 12.9. The molecule has 3 nitrogen and oxygen atoms in total. The van der Waals surface area contributed by atoms with Gasteiger partial charge in [0.25, 0.3) is 5.91 Å². The number of amides is 1. The van der Waals surface area contributed by atoms with E-state index in [1.807, 2.05) is 24.3 Å². The van der Waals surface area contributed by atoms with E-state index >= 15 is 0 Å². The summed E-state index contributed by atoms with van der Waals surface area (Å²) in [7, 11) is 0. The van der Waals surface area contributed by atoms with Crippen LogP contribution in [0.1, 0.15) is 10.4 Å². The Kier molecular flexibility index (Phi) is 2.85. The van der Waals surface area contributed by atoms with Crippen LogP contribution in [0.25, 0.3) is 10.1 Å². The summed E-state index contributed by atoms with van der Waals surface area (Å²) in [5, 5.41) is 8.69. The third-order valence-electron chi connectivity index (χ3n) is 3.40. The lowest BCUT2D eigenvalue weighted by atomic mass is 10.1. The number of carbonyl (C=O) groups excluding carboxylic acids is 1. The molecule has 1 amide bonds. The third-order valence-corrected chi connectivity index (χ3v) is 5.29. The first-order chi connectivity index (χ1) is 10.1. The van der Waals surface area contributed by atoms with Crippen molar-refractivity contribution in [3.8, 4) is 0 Å². The monoisotopic (exact) mass is 334 g/mol. The van der Waals surface area contributed by atoms with E-state index in [0.29, 0.717) is 27.0 Å². The van der Waals surface area contributed by atoms with Crippen LogP contribution in [0.4, 0.5) is 16.4 Å². The maximum Gasteiger partial charge on any atom is 0.259 e. The van der Waals surface area contributed by atoms with Crippen molar-refractivity contribution in [2.45, 2.75) is 0 Å². The number of hydrogen-bond acceptors (Lipinski definition) is 3. The summed E-state index contributed by atoms with van der Waals surface area (Å²) in [4.78, 5) is 12.5. The van der Waals surface area contributed by atoms with Gasteiger partial charge in [-0.15, -0.1) is 11.3 Å². The summed E-state index contributed by atoms with van der Waals surface area (Å²) in [6, 6.07) is 11.2. The van der Waals surface area contributed by atoms with Crippen molar-refractivity contribution in [3.63, 3.8) is 0 Å². The molecule has 1 aliphatic heterocycles. The lowest BCUT2D eigenvalue weighted by molar-refractivity contribution is 0.103. The van der Waals surface area contributed by atoms with E-state index in [2.05, 4.69) is 10.6 Å². The highest BCUT2D eigenvalue weighted by Gasteiger charge is 2.25. The van der Waals surface area contributed by atoms with Crippen molar-refractivity contribution in [2.24, 2.45) is 0 Å². The van der Waals surface area contributed by atoms with Crippen molar-refractivity contribution >= 4 is 66.9 Å². The number of nitrogens with one attached hydrogen (secondary N) is 2. The Morgan fingerprint density at radius 2 is 1.81 bits per heavy atom. The predicted octanol–water partition coefficient (Wildman–Crippen LogP) is 5.52. The minimum Gasteiger partial charge on any atom is -0.344 e. The van der Waals surface area contributed by atoms with E-state index in [1.165, 1.54) is 11.3 Å². The van der Waals surface area contributed by atoms with E-state index < -0.39 is 0 Å². The average molecular weight is 335 g/mol. The Bertz CT molecular complexity index is 904. The molecule has 0 radical (unpaired) electrons. The summed E-state index contributed by atoms with van der Waals surface area (Å²) in [6.07, 6.45) is 0. The largest absolute Gasteiger partial charge is 0.344 e. The van der Waals surface area contributed by atoms with Crippen LogP contribution in [0.5, 0.6) is 0 Å². The molecule has 1 aliphatic rings. The van der Waals surface area contributed by atoms with Gasteiger partial charge in [0.05, 0.1) is 27.0 Å². The Morgan fingerprint density at radius 3 is 2.67 bits per heavy atom. The highest BCUT2D eigenvalue weighted by molar-refractivity contribution is 7.23. The number of rotatable bonds is 0. The number of fused-ring (bicyclic) bond motifs is 4. The van der Waals surface area contributed by atoms with E-state index in [4.69, 9.17) is 23.2 Å². The van der Waals surface area contributed by atoms with Gasteiger partial charge in [-0.05, 0) is 18.2 Å². The normalized spacial score (nSPS) is 13.1. The molecule has 2 N–H and O–H groups in total. The highest BCUT2D eigenvalue weighted by atomic mass is 35.5. The molecule has 0 bridgehead atoms. The molecule has 0 aliphatic carbocycles. The number of carbonyl (C=O) groups is 1. The second-order valence-electron chi connectivity index (χ2n) is 4.67. The fourth-order valence-corrected chi connectivity index (χ4v) is 3.91. The Labute approximate surface area is 134 Å². The summed E-state index contributed by atoms with van der Waals surface area (Å²) >= 11 is 13.8. The first-order valence-corrected chi connectivity index (χ1v) is 7.80. The van der Waals surface area contributed by atoms with Crippen LogP contribution in [0, 0.1) is 0 Å². The molecule has 21 heavy (non-hydrogen) atoms. The van der Waals surface area contributed by atoms with Crippen LogP contribution in [0.15, 0.2) is 36.4 Å². The Balaban J connectivity index is 2.00. The molecule has 0 saturated heterocycles. The van der Waals surface area contributed by atoms with Crippen LogP contribution >= 0.6 is 34.5 Å².